The molecule has 0 aliphatic carbocycles. The second kappa shape index (κ2) is 5.89. The first-order valence-corrected chi connectivity index (χ1v) is 8.56. The Hall–Kier alpha value is -2.87. The van der Waals surface area contributed by atoms with Gasteiger partial charge in [0.05, 0.1) is 29.0 Å². The Balaban J connectivity index is 1.66. The third-order valence-corrected chi connectivity index (χ3v) is 4.63. The number of aryl methyl sites for hydroxylation is 1. The first-order valence-electron chi connectivity index (χ1n) is 7.68. The van der Waals surface area contributed by atoms with Gasteiger partial charge in [0.25, 0.3) is 5.91 Å². The van der Waals surface area contributed by atoms with E-state index < -0.39 is 0 Å². The molecule has 6 nitrogen and oxygen atoms in total. The Bertz CT molecular complexity index is 1070. The maximum atomic E-state index is 13.4. The summed E-state index contributed by atoms with van der Waals surface area (Å²) < 4.78 is 15.1. The molecule has 4 rings (SSSR count). The Morgan fingerprint density at radius 1 is 1.32 bits per heavy atom. The number of imidazole rings is 1. The number of fused-ring (bicyclic) bond motifs is 2. The summed E-state index contributed by atoms with van der Waals surface area (Å²) in [5.74, 6) is -0.630. The Labute approximate surface area is 146 Å². The molecule has 3 aromatic heterocycles. The number of hydrogen-bond acceptors (Lipinski definition) is 5. The third kappa shape index (κ3) is 2.85. The standard InChI is InChI=1S/C17H14FN5OS/c1-9-5-13(12-4-3-11(18)6-14(12)20-9)16(24)21-10(2)15-7-23-17(22-15)25-8-19-23/h3-8,10H,1-2H3,(H,21,24)/t10-/m0/s1. The highest BCUT2D eigenvalue weighted by atomic mass is 32.1. The molecule has 0 unspecified atom stereocenters. The lowest BCUT2D eigenvalue weighted by Crippen LogP contribution is -2.27. The molecule has 0 bridgehead atoms. The minimum absolute atomic E-state index is 0.251. The number of benzene rings is 1. The number of aromatic nitrogens is 4. The second-order valence-electron chi connectivity index (χ2n) is 5.80. The maximum Gasteiger partial charge on any atom is 0.252 e. The average molecular weight is 355 g/mol. The van der Waals surface area contributed by atoms with Gasteiger partial charge in [-0.05, 0) is 32.0 Å². The van der Waals surface area contributed by atoms with Gasteiger partial charge in [-0.2, -0.15) is 5.10 Å². The molecule has 0 aliphatic rings. The lowest BCUT2D eigenvalue weighted by molar-refractivity contribution is 0.0940. The quantitative estimate of drug-likeness (QED) is 0.612. The van der Waals surface area contributed by atoms with E-state index in [4.69, 9.17) is 0 Å². The van der Waals surface area contributed by atoms with Crippen molar-refractivity contribution in [3.05, 3.63) is 58.7 Å². The molecular weight excluding hydrogens is 341 g/mol. The van der Waals surface area contributed by atoms with Crippen LogP contribution in [0.5, 0.6) is 0 Å². The molecule has 126 valence electrons. The van der Waals surface area contributed by atoms with Gasteiger partial charge in [0, 0.05) is 17.1 Å². The van der Waals surface area contributed by atoms with Crippen molar-refractivity contribution in [3.63, 3.8) is 0 Å². The lowest BCUT2D eigenvalue weighted by Gasteiger charge is -2.13. The van der Waals surface area contributed by atoms with Crippen molar-refractivity contribution >= 4 is 33.1 Å². The van der Waals surface area contributed by atoms with Crippen molar-refractivity contribution in [1.82, 2.24) is 24.9 Å². The van der Waals surface area contributed by atoms with Crippen molar-refractivity contribution in [3.8, 4) is 0 Å². The van der Waals surface area contributed by atoms with Crippen molar-refractivity contribution in [2.45, 2.75) is 19.9 Å². The molecule has 25 heavy (non-hydrogen) atoms. The first kappa shape index (κ1) is 15.6. The molecule has 3 heterocycles. The summed E-state index contributed by atoms with van der Waals surface area (Å²) in [5, 5.41) is 7.69. The van der Waals surface area contributed by atoms with Crippen LogP contribution in [0.25, 0.3) is 15.9 Å². The van der Waals surface area contributed by atoms with E-state index in [0.717, 1.165) is 10.7 Å². The number of hydrogen-bond donors (Lipinski definition) is 1. The first-order chi connectivity index (χ1) is 12.0. The molecule has 0 saturated heterocycles. The zero-order valence-corrected chi connectivity index (χ0v) is 14.3. The molecule has 0 aliphatic heterocycles. The Morgan fingerprint density at radius 2 is 2.16 bits per heavy atom. The number of nitrogens with zero attached hydrogens (tertiary/aromatic N) is 4. The monoisotopic (exact) mass is 355 g/mol. The molecule has 1 aromatic carbocycles. The normalized spacial score (nSPS) is 12.6. The molecule has 4 aromatic rings. The highest BCUT2D eigenvalue weighted by molar-refractivity contribution is 7.14. The molecule has 1 atom stereocenters. The van der Waals surface area contributed by atoms with Crippen LogP contribution in [0.3, 0.4) is 0 Å². The number of halogens is 1. The Morgan fingerprint density at radius 3 is 2.96 bits per heavy atom. The fraction of sp³-hybridized carbons (Fsp3) is 0.176. The van der Waals surface area contributed by atoms with E-state index in [1.165, 1.54) is 23.5 Å². The summed E-state index contributed by atoms with van der Waals surface area (Å²) >= 11 is 1.43. The molecule has 0 saturated carbocycles. The van der Waals surface area contributed by atoms with E-state index in [1.54, 1.807) is 35.3 Å². The van der Waals surface area contributed by atoms with E-state index in [0.29, 0.717) is 22.2 Å². The van der Waals surface area contributed by atoms with Gasteiger partial charge in [-0.1, -0.05) is 11.3 Å². The van der Waals surface area contributed by atoms with Crippen LogP contribution in [0.1, 0.15) is 34.7 Å². The number of nitrogens with one attached hydrogen (secondary N) is 1. The molecule has 1 amide bonds. The van der Waals surface area contributed by atoms with E-state index in [-0.39, 0.29) is 17.8 Å². The fourth-order valence-electron chi connectivity index (χ4n) is 2.73. The van der Waals surface area contributed by atoms with Gasteiger partial charge in [-0.15, -0.1) is 0 Å². The van der Waals surface area contributed by atoms with Gasteiger partial charge < -0.3 is 5.32 Å². The number of rotatable bonds is 3. The van der Waals surface area contributed by atoms with Crippen molar-refractivity contribution < 1.29 is 9.18 Å². The minimum Gasteiger partial charge on any atom is -0.344 e. The highest BCUT2D eigenvalue weighted by Gasteiger charge is 2.18. The van der Waals surface area contributed by atoms with E-state index in [9.17, 15) is 9.18 Å². The number of carbonyl (C=O) groups excluding carboxylic acids is 1. The smallest absolute Gasteiger partial charge is 0.252 e. The van der Waals surface area contributed by atoms with Crippen LogP contribution in [0.15, 0.2) is 36.0 Å². The van der Waals surface area contributed by atoms with Crippen LogP contribution in [0, 0.1) is 12.7 Å². The summed E-state index contributed by atoms with van der Waals surface area (Å²) in [6, 6.07) is 5.65. The summed E-state index contributed by atoms with van der Waals surface area (Å²) in [6.07, 6.45) is 1.79. The number of carbonyl (C=O) groups is 1. The Kier molecular flexibility index (Phi) is 3.69. The van der Waals surface area contributed by atoms with Crippen LogP contribution < -0.4 is 5.32 Å². The summed E-state index contributed by atoms with van der Waals surface area (Å²) in [7, 11) is 0. The van der Waals surface area contributed by atoms with Crippen LogP contribution >= 0.6 is 11.3 Å². The van der Waals surface area contributed by atoms with Gasteiger partial charge in [0.2, 0.25) is 4.96 Å². The second-order valence-corrected chi connectivity index (χ2v) is 6.61. The van der Waals surface area contributed by atoms with Crippen LogP contribution in [-0.2, 0) is 0 Å². The van der Waals surface area contributed by atoms with Gasteiger partial charge in [-0.3, -0.25) is 9.78 Å². The van der Waals surface area contributed by atoms with Gasteiger partial charge in [0.15, 0.2) is 0 Å². The van der Waals surface area contributed by atoms with E-state index in [2.05, 4.69) is 20.4 Å². The zero-order chi connectivity index (χ0) is 17.6. The average Bonchev–Trinajstić information content (AvgIpc) is 3.15. The minimum atomic E-state index is -0.379. The SMILES string of the molecule is Cc1cc(C(=O)N[C@@H](C)c2cn3ncsc3n2)c2ccc(F)cc2n1. The summed E-state index contributed by atoms with van der Waals surface area (Å²) in [4.78, 5) is 22.3. The van der Waals surface area contributed by atoms with Crippen molar-refractivity contribution in [2.75, 3.05) is 0 Å². The molecular formula is C17H14FN5OS. The molecule has 0 spiro atoms. The van der Waals surface area contributed by atoms with Gasteiger partial charge in [0.1, 0.15) is 11.3 Å². The summed E-state index contributed by atoms with van der Waals surface area (Å²) in [6.45, 7) is 3.64. The highest BCUT2D eigenvalue weighted by Crippen LogP contribution is 2.21. The number of pyridine rings is 1. The van der Waals surface area contributed by atoms with Gasteiger partial charge in [-0.25, -0.2) is 13.9 Å². The predicted octanol–water partition coefficient (Wildman–Crippen LogP) is 3.28. The molecule has 0 fully saturated rings. The molecule has 0 radical (unpaired) electrons. The van der Waals surface area contributed by atoms with Crippen LogP contribution in [-0.4, -0.2) is 25.5 Å². The number of amides is 1. The fourth-order valence-corrected chi connectivity index (χ4v) is 3.34. The molecule has 8 heteroatoms. The lowest BCUT2D eigenvalue weighted by atomic mass is 10.1. The van der Waals surface area contributed by atoms with Crippen molar-refractivity contribution in [2.24, 2.45) is 0 Å². The largest absolute Gasteiger partial charge is 0.344 e. The van der Waals surface area contributed by atoms with E-state index >= 15 is 0 Å². The molecule has 1 N–H and O–H groups in total. The maximum absolute atomic E-state index is 13.4. The van der Waals surface area contributed by atoms with E-state index in [1.807, 2.05) is 6.92 Å². The zero-order valence-electron chi connectivity index (χ0n) is 13.5. The van der Waals surface area contributed by atoms with Crippen LogP contribution in [0.2, 0.25) is 0 Å². The third-order valence-electron chi connectivity index (χ3n) is 3.94. The van der Waals surface area contributed by atoms with Crippen molar-refractivity contribution in [1.29, 1.82) is 0 Å². The van der Waals surface area contributed by atoms with Crippen LogP contribution in [0.4, 0.5) is 4.39 Å². The summed E-state index contributed by atoms with van der Waals surface area (Å²) in [5.41, 5.74) is 4.02. The predicted molar refractivity (Wildman–Crippen MR) is 93.2 cm³/mol. The topological polar surface area (TPSA) is 72.2 Å². The van der Waals surface area contributed by atoms with Gasteiger partial charge >= 0.3 is 0 Å².